The Balaban J connectivity index is 2.04. The summed E-state index contributed by atoms with van der Waals surface area (Å²) < 4.78 is 7.34. The van der Waals surface area contributed by atoms with Gasteiger partial charge in [-0.25, -0.2) is 0 Å². The molecular weight excluding hydrogens is 348 g/mol. The van der Waals surface area contributed by atoms with Crippen LogP contribution in [-0.4, -0.2) is 30.7 Å². The zero-order valence-corrected chi connectivity index (χ0v) is 15.0. The van der Waals surface area contributed by atoms with E-state index < -0.39 is 0 Å². The number of carbonyl (C=O) groups is 1. The highest BCUT2D eigenvalue weighted by Gasteiger charge is 2.16. The van der Waals surface area contributed by atoms with Crippen molar-refractivity contribution < 1.29 is 9.53 Å². The number of hydrogen-bond acceptors (Lipinski definition) is 4. The molecule has 1 N–H and O–H groups in total. The number of hydrogen-bond donors (Lipinski definition) is 1. The molecule has 1 aromatic carbocycles. The zero-order valence-electron chi connectivity index (χ0n) is 13.4. The van der Waals surface area contributed by atoms with Gasteiger partial charge in [-0.2, -0.15) is 0 Å². The van der Waals surface area contributed by atoms with E-state index in [0.29, 0.717) is 28.4 Å². The van der Waals surface area contributed by atoms with Gasteiger partial charge in [0.15, 0.2) is 0 Å². The second-order valence-electron chi connectivity index (χ2n) is 5.48. The van der Waals surface area contributed by atoms with Crippen LogP contribution in [0.4, 0.5) is 0 Å². The second-order valence-corrected chi connectivity index (χ2v) is 6.97. The summed E-state index contributed by atoms with van der Waals surface area (Å²) in [6.45, 7) is 1.13. The average Bonchev–Trinajstić information content (AvgIpc) is 3.02. The Morgan fingerprint density at radius 2 is 2.12 bits per heavy atom. The third-order valence-electron chi connectivity index (χ3n) is 3.87. The van der Waals surface area contributed by atoms with E-state index in [4.69, 9.17) is 16.3 Å². The lowest BCUT2D eigenvalue weighted by Gasteiger charge is -2.06. The minimum absolute atomic E-state index is 0.130. The van der Waals surface area contributed by atoms with Crippen molar-refractivity contribution in [3.8, 4) is 0 Å². The Bertz CT molecular complexity index is 977. The Labute approximate surface area is 147 Å². The topological polar surface area (TPSA) is 60.3 Å². The van der Waals surface area contributed by atoms with Gasteiger partial charge in [-0.05, 0) is 30.7 Å². The summed E-state index contributed by atoms with van der Waals surface area (Å²) in [5.74, 6) is -0.170. The van der Waals surface area contributed by atoms with Crippen LogP contribution in [-0.2, 0) is 11.8 Å². The molecule has 2 heterocycles. The summed E-state index contributed by atoms with van der Waals surface area (Å²) >= 11 is 7.37. The van der Waals surface area contributed by atoms with Gasteiger partial charge in [0.25, 0.3) is 11.5 Å². The van der Waals surface area contributed by atoms with Gasteiger partial charge in [-0.1, -0.05) is 11.6 Å². The molecule has 0 bridgehead atoms. The van der Waals surface area contributed by atoms with E-state index >= 15 is 0 Å². The number of nitrogens with one attached hydrogen (secondary N) is 1. The summed E-state index contributed by atoms with van der Waals surface area (Å²) in [5.41, 5.74) is 0.628. The number of halogens is 1. The average molecular weight is 365 g/mol. The molecule has 3 aromatic rings. The first-order chi connectivity index (χ1) is 11.5. The molecule has 0 unspecified atom stereocenters. The first-order valence-electron chi connectivity index (χ1n) is 7.52. The fraction of sp³-hybridized carbons (Fsp3) is 0.294. The van der Waals surface area contributed by atoms with Crippen molar-refractivity contribution in [1.29, 1.82) is 0 Å². The highest BCUT2D eigenvalue weighted by atomic mass is 35.5. The summed E-state index contributed by atoms with van der Waals surface area (Å²) in [6.07, 6.45) is 0.746. The first kappa shape index (κ1) is 17.0. The Morgan fingerprint density at radius 3 is 2.88 bits per heavy atom. The number of thiophene rings is 1. The number of rotatable bonds is 5. The molecule has 24 heavy (non-hydrogen) atoms. The number of carbonyl (C=O) groups excluding carboxylic acids is 1. The maximum atomic E-state index is 12.6. The van der Waals surface area contributed by atoms with Crippen molar-refractivity contribution in [3.63, 3.8) is 0 Å². The van der Waals surface area contributed by atoms with Crippen molar-refractivity contribution in [3.05, 3.63) is 44.5 Å². The molecule has 7 heteroatoms. The molecule has 2 aromatic heterocycles. The number of aryl methyl sites for hydroxylation is 1. The largest absolute Gasteiger partial charge is 0.385 e. The van der Waals surface area contributed by atoms with Gasteiger partial charge in [-0.15, -0.1) is 11.3 Å². The minimum Gasteiger partial charge on any atom is -0.385 e. The molecule has 1 amide bonds. The number of methoxy groups -OCH3 is 1. The zero-order chi connectivity index (χ0) is 17.3. The number of nitrogens with zero attached hydrogens (tertiary/aromatic N) is 1. The van der Waals surface area contributed by atoms with Crippen LogP contribution >= 0.6 is 22.9 Å². The van der Waals surface area contributed by atoms with Gasteiger partial charge in [0.2, 0.25) is 0 Å². The van der Waals surface area contributed by atoms with Gasteiger partial charge in [0.1, 0.15) is 0 Å². The van der Waals surface area contributed by atoms with Crippen LogP contribution < -0.4 is 10.9 Å². The molecular formula is C17H17ClN2O3S. The number of benzene rings is 1. The van der Waals surface area contributed by atoms with Crippen LogP contribution in [0.3, 0.4) is 0 Å². The van der Waals surface area contributed by atoms with Crippen molar-refractivity contribution >= 4 is 49.8 Å². The molecule has 0 saturated carbocycles. The molecule has 0 aliphatic carbocycles. The van der Waals surface area contributed by atoms with Crippen LogP contribution in [0.1, 0.15) is 16.1 Å². The lowest BCUT2D eigenvalue weighted by atomic mass is 10.1. The highest BCUT2D eigenvalue weighted by molar-refractivity contribution is 7.21. The number of aromatic nitrogens is 1. The van der Waals surface area contributed by atoms with Crippen molar-refractivity contribution in [2.45, 2.75) is 6.42 Å². The quantitative estimate of drug-likeness (QED) is 0.707. The predicted octanol–water partition coefficient (Wildman–Crippen LogP) is 3.17. The molecule has 0 aliphatic rings. The smallest absolute Gasteiger partial charge is 0.261 e. The fourth-order valence-corrected chi connectivity index (χ4v) is 3.90. The summed E-state index contributed by atoms with van der Waals surface area (Å²) in [5, 5.41) is 4.89. The number of ether oxygens (including phenoxy) is 1. The van der Waals surface area contributed by atoms with E-state index in [1.54, 1.807) is 36.9 Å². The monoisotopic (exact) mass is 364 g/mol. The van der Waals surface area contributed by atoms with E-state index in [0.717, 1.165) is 22.0 Å². The molecule has 0 aliphatic heterocycles. The maximum absolute atomic E-state index is 12.6. The summed E-state index contributed by atoms with van der Waals surface area (Å²) in [7, 11) is 3.34. The van der Waals surface area contributed by atoms with E-state index in [-0.39, 0.29) is 11.5 Å². The second kappa shape index (κ2) is 6.93. The van der Waals surface area contributed by atoms with Crippen molar-refractivity contribution in [1.82, 2.24) is 9.88 Å². The van der Waals surface area contributed by atoms with Crippen LogP contribution in [0.5, 0.6) is 0 Å². The van der Waals surface area contributed by atoms with Crippen LogP contribution in [0.15, 0.2) is 29.1 Å². The van der Waals surface area contributed by atoms with Gasteiger partial charge in [-0.3, -0.25) is 9.59 Å². The molecule has 3 rings (SSSR count). The SMILES string of the molecule is COCCCNC(=O)c1cc2c(=O)n(C)c3cc(Cl)ccc3c2s1. The Hall–Kier alpha value is -1.89. The number of pyridine rings is 1. The summed E-state index contributed by atoms with van der Waals surface area (Å²) in [4.78, 5) is 25.4. The van der Waals surface area contributed by atoms with Gasteiger partial charge >= 0.3 is 0 Å². The van der Waals surface area contributed by atoms with E-state index in [2.05, 4.69) is 5.32 Å². The van der Waals surface area contributed by atoms with Crippen LogP contribution in [0, 0.1) is 0 Å². The van der Waals surface area contributed by atoms with E-state index in [1.165, 1.54) is 11.3 Å². The van der Waals surface area contributed by atoms with E-state index in [9.17, 15) is 9.59 Å². The molecule has 0 radical (unpaired) electrons. The molecule has 126 valence electrons. The number of amides is 1. The van der Waals surface area contributed by atoms with Gasteiger partial charge in [0, 0.05) is 42.4 Å². The molecule has 0 fully saturated rings. The normalized spacial score (nSPS) is 11.3. The van der Waals surface area contributed by atoms with Gasteiger partial charge in [0.05, 0.1) is 15.8 Å². The molecule has 0 spiro atoms. The standard InChI is InChI=1S/C17H17ClN2O3S/c1-20-13-8-10(18)4-5-11(13)15-12(17(20)22)9-14(24-15)16(21)19-6-3-7-23-2/h4-5,8-9H,3,6-7H2,1-2H3,(H,19,21). The first-order valence-corrected chi connectivity index (χ1v) is 8.71. The lowest BCUT2D eigenvalue weighted by Crippen LogP contribution is -2.24. The minimum atomic E-state index is -0.170. The highest BCUT2D eigenvalue weighted by Crippen LogP contribution is 2.31. The van der Waals surface area contributed by atoms with E-state index in [1.807, 2.05) is 6.07 Å². The van der Waals surface area contributed by atoms with Crippen molar-refractivity contribution in [2.24, 2.45) is 7.05 Å². The van der Waals surface area contributed by atoms with Crippen LogP contribution in [0.2, 0.25) is 5.02 Å². The van der Waals surface area contributed by atoms with Crippen molar-refractivity contribution in [2.75, 3.05) is 20.3 Å². The lowest BCUT2D eigenvalue weighted by molar-refractivity contribution is 0.0952. The predicted molar refractivity (Wildman–Crippen MR) is 98.4 cm³/mol. The third-order valence-corrected chi connectivity index (χ3v) is 5.27. The number of fused-ring (bicyclic) bond motifs is 3. The van der Waals surface area contributed by atoms with Gasteiger partial charge < -0.3 is 14.6 Å². The maximum Gasteiger partial charge on any atom is 0.261 e. The van der Waals surface area contributed by atoms with Crippen LogP contribution in [0.25, 0.3) is 21.0 Å². The molecule has 5 nitrogen and oxygen atoms in total. The molecule has 0 saturated heterocycles. The third kappa shape index (κ3) is 3.05. The molecule has 0 atom stereocenters. The fourth-order valence-electron chi connectivity index (χ4n) is 2.63. The Kier molecular flexibility index (Phi) is 4.89. The Morgan fingerprint density at radius 1 is 1.33 bits per heavy atom. The summed E-state index contributed by atoms with van der Waals surface area (Å²) in [6, 6.07) is 7.11.